The van der Waals surface area contributed by atoms with Gasteiger partial charge in [-0.2, -0.15) is 0 Å². The molecule has 0 aliphatic heterocycles. The average molecular weight is 388 g/mol. The van der Waals surface area contributed by atoms with Gasteiger partial charge in [0, 0.05) is 6.20 Å². The van der Waals surface area contributed by atoms with Gasteiger partial charge in [0.15, 0.2) is 17.1 Å². The fourth-order valence-electron chi connectivity index (χ4n) is 2.99. The van der Waals surface area contributed by atoms with Crippen LogP contribution in [-0.2, 0) is 11.3 Å². The Hall–Kier alpha value is -2.96. The topological polar surface area (TPSA) is 52.8 Å². The van der Waals surface area contributed by atoms with Crippen LogP contribution in [0.25, 0.3) is 5.65 Å². The molecule has 0 saturated heterocycles. The van der Waals surface area contributed by atoms with Crippen LogP contribution in [0.1, 0.15) is 54.0 Å². The van der Waals surface area contributed by atoms with Gasteiger partial charge in [-0.3, -0.25) is 4.40 Å². The van der Waals surface area contributed by atoms with Crippen molar-refractivity contribution in [3.05, 3.63) is 64.6 Å². The molecule has 148 valence electrons. The van der Waals surface area contributed by atoms with Gasteiger partial charge in [0.1, 0.15) is 18.2 Å². The number of aromatic nitrogens is 2. The lowest BCUT2D eigenvalue weighted by molar-refractivity contribution is 0.0516. The Labute approximate surface area is 161 Å². The zero-order valence-corrected chi connectivity index (χ0v) is 16.3. The van der Waals surface area contributed by atoms with Crippen molar-refractivity contribution in [1.82, 2.24) is 9.38 Å². The smallest absolute Gasteiger partial charge is 0.357 e. The van der Waals surface area contributed by atoms with E-state index in [0.717, 1.165) is 5.56 Å². The van der Waals surface area contributed by atoms with Crippen molar-refractivity contribution in [1.29, 1.82) is 0 Å². The van der Waals surface area contributed by atoms with E-state index in [1.807, 2.05) is 20.8 Å². The Kier molecular flexibility index (Phi) is 5.63. The van der Waals surface area contributed by atoms with Gasteiger partial charge in [-0.1, -0.05) is 19.9 Å². The third-order valence-corrected chi connectivity index (χ3v) is 4.30. The second-order valence-electron chi connectivity index (χ2n) is 6.79. The van der Waals surface area contributed by atoms with Crippen LogP contribution in [-0.4, -0.2) is 22.0 Å². The van der Waals surface area contributed by atoms with Crippen LogP contribution in [0, 0.1) is 18.6 Å². The van der Waals surface area contributed by atoms with Gasteiger partial charge in [0.2, 0.25) is 0 Å². The van der Waals surface area contributed by atoms with Gasteiger partial charge in [-0.05, 0) is 43.5 Å². The maximum atomic E-state index is 13.9. The second kappa shape index (κ2) is 7.96. The SMILES string of the molecule is CCOC(=O)c1c(C(C)C)nc2c(OCc3c(F)cccc3F)cc(C)cn12. The Morgan fingerprint density at radius 1 is 1.25 bits per heavy atom. The molecule has 2 aromatic heterocycles. The Bertz CT molecular complexity index is 1010. The molecule has 3 rings (SSSR count). The molecule has 3 aromatic rings. The van der Waals surface area contributed by atoms with Gasteiger partial charge in [0.25, 0.3) is 0 Å². The summed E-state index contributed by atoms with van der Waals surface area (Å²) >= 11 is 0. The molecule has 0 aliphatic carbocycles. The number of esters is 1. The highest BCUT2D eigenvalue weighted by Crippen LogP contribution is 2.29. The fraction of sp³-hybridized carbons (Fsp3) is 0.333. The van der Waals surface area contributed by atoms with Gasteiger partial charge < -0.3 is 9.47 Å². The van der Waals surface area contributed by atoms with Crippen molar-refractivity contribution in [2.45, 2.75) is 40.2 Å². The fourth-order valence-corrected chi connectivity index (χ4v) is 2.99. The molecular weight excluding hydrogens is 366 g/mol. The lowest BCUT2D eigenvalue weighted by atomic mass is 10.1. The minimum atomic E-state index is -0.679. The number of fused-ring (bicyclic) bond motifs is 1. The number of hydrogen-bond acceptors (Lipinski definition) is 4. The third kappa shape index (κ3) is 3.69. The van der Waals surface area contributed by atoms with Gasteiger partial charge in [-0.25, -0.2) is 18.6 Å². The monoisotopic (exact) mass is 388 g/mol. The first-order chi connectivity index (χ1) is 13.3. The summed E-state index contributed by atoms with van der Waals surface area (Å²) < 4.78 is 40.3. The third-order valence-electron chi connectivity index (χ3n) is 4.30. The number of hydrogen-bond donors (Lipinski definition) is 0. The van der Waals surface area contributed by atoms with Gasteiger partial charge in [-0.15, -0.1) is 0 Å². The highest BCUT2D eigenvalue weighted by molar-refractivity contribution is 5.90. The van der Waals surface area contributed by atoms with Crippen LogP contribution in [0.3, 0.4) is 0 Å². The minimum absolute atomic E-state index is 0.0310. The molecule has 7 heteroatoms. The van der Waals surface area contributed by atoms with E-state index in [9.17, 15) is 13.6 Å². The molecule has 0 bridgehead atoms. The Morgan fingerprint density at radius 3 is 2.54 bits per heavy atom. The number of rotatable bonds is 6. The van der Waals surface area contributed by atoms with E-state index in [1.54, 1.807) is 23.6 Å². The number of ether oxygens (including phenoxy) is 2. The van der Waals surface area contributed by atoms with E-state index < -0.39 is 17.6 Å². The molecule has 0 amide bonds. The highest BCUT2D eigenvalue weighted by atomic mass is 19.1. The molecule has 0 unspecified atom stereocenters. The quantitative estimate of drug-likeness (QED) is 0.569. The van der Waals surface area contributed by atoms with Crippen molar-refractivity contribution in [2.75, 3.05) is 6.61 Å². The molecular formula is C21H22F2N2O3. The predicted octanol–water partition coefficient (Wildman–Crippen LogP) is 4.80. The van der Waals surface area contributed by atoms with E-state index in [2.05, 4.69) is 4.98 Å². The summed E-state index contributed by atoms with van der Waals surface area (Å²) in [7, 11) is 0. The maximum absolute atomic E-state index is 13.9. The van der Waals surface area contributed by atoms with Gasteiger partial charge >= 0.3 is 5.97 Å². The Morgan fingerprint density at radius 2 is 1.93 bits per heavy atom. The molecule has 0 saturated carbocycles. The summed E-state index contributed by atoms with van der Waals surface area (Å²) in [5.74, 6) is -1.53. The lowest BCUT2D eigenvalue weighted by Crippen LogP contribution is -2.11. The largest absolute Gasteiger partial charge is 0.485 e. The normalized spacial score (nSPS) is 11.2. The summed E-state index contributed by atoms with van der Waals surface area (Å²) in [5.41, 5.74) is 1.94. The van der Waals surface area contributed by atoms with Crippen molar-refractivity contribution < 1.29 is 23.0 Å². The van der Waals surface area contributed by atoms with Gasteiger partial charge in [0.05, 0.1) is 17.9 Å². The first-order valence-corrected chi connectivity index (χ1v) is 9.08. The van der Waals surface area contributed by atoms with Crippen molar-refractivity contribution in [3.8, 4) is 5.75 Å². The molecule has 1 aromatic carbocycles. The number of imidazole rings is 1. The zero-order chi connectivity index (χ0) is 20.4. The van der Waals surface area contributed by atoms with Crippen molar-refractivity contribution >= 4 is 11.6 Å². The van der Waals surface area contributed by atoms with Crippen molar-refractivity contribution in [2.24, 2.45) is 0 Å². The Balaban J connectivity index is 2.08. The predicted molar refractivity (Wildman–Crippen MR) is 101 cm³/mol. The number of carbonyl (C=O) groups excluding carboxylic acids is 1. The summed E-state index contributed by atoms with van der Waals surface area (Å²) in [5, 5.41) is 0. The molecule has 0 spiro atoms. The van der Waals surface area contributed by atoms with E-state index in [-0.39, 0.29) is 24.7 Å². The average Bonchev–Trinajstić information content (AvgIpc) is 3.01. The number of benzene rings is 1. The zero-order valence-electron chi connectivity index (χ0n) is 16.3. The molecule has 0 radical (unpaired) electrons. The first kappa shape index (κ1) is 19.8. The molecule has 0 fully saturated rings. The lowest BCUT2D eigenvalue weighted by Gasteiger charge is -2.11. The summed E-state index contributed by atoms with van der Waals surface area (Å²) in [6.07, 6.45) is 1.76. The summed E-state index contributed by atoms with van der Waals surface area (Å²) in [6, 6.07) is 5.38. The van der Waals surface area contributed by atoms with Crippen LogP contribution in [0.2, 0.25) is 0 Å². The standard InChI is InChI=1S/C21H22F2N2O3/c1-5-27-21(26)19-18(12(2)3)24-20-17(9-13(4)10-25(19)20)28-11-14-15(22)7-6-8-16(14)23/h6-10,12H,5,11H2,1-4H3. The van der Waals surface area contributed by atoms with E-state index >= 15 is 0 Å². The summed E-state index contributed by atoms with van der Waals surface area (Å²) in [4.78, 5) is 17.1. The number of pyridine rings is 1. The van der Waals surface area contributed by atoms with E-state index in [4.69, 9.17) is 9.47 Å². The first-order valence-electron chi connectivity index (χ1n) is 9.08. The molecule has 28 heavy (non-hydrogen) atoms. The van der Waals surface area contributed by atoms with E-state index in [0.29, 0.717) is 22.8 Å². The van der Waals surface area contributed by atoms with Crippen LogP contribution < -0.4 is 4.74 Å². The number of carbonyl (C=O) groups is 1. The maximum Gasteiger partial charge on any atom is 0.357 e. The van der Waals surface area contributed by atoms with Crippen LogP contribution >= 0.6 is 0 Å². The number of halogens is 2. The van der Waals surface area contributed by atoms with E-state index in [1.165, 1.54) is 18.2 Å². The number of aryl methyl sites for hydroxylation is 1. The number of nitrogens with zero attached hydrogens (tertiary/aromatic N) is 2. The second-order valence-corrected chi connectivity index (χ2v) is 6.79. The van der Waals surface area contributed by atoms with Crippen LogP contribution in [0.15, 0.2) is 30.5 Å². The van der Waals surface area contributed by atoms with Crippen LogP contribution in [0.5, 0.6) is 5.75 Å². The van der Waals surface area contributed by atoms with Crippen molar-refractivity contribution in [3.63, 3.8) is 0 Å². The molecule has 0 aliphatic rings. The highest BCUT2D eigenvalue weighted by Gasteiger charge is 2.24. The summed E-state index contributed by atoms with van der Waals surface area (Å²) in [6.45, 7) is 7.36. The molecule has 0 N–H and O–H groups in total. The van der Waals surface area contributed by atoms with Crippen LogP contribution in [0.4, 0.5) is 8.78 Å². The molecule has 5 nitrogen and oxygen atoms in total. The minimum Gasteiger partial charge on any atom is -0.485 e. The molecule has 0 atom stereocenters. The molecule has 2 heterocycles.